The van der Waals surface area contributed by atoms with Crippen LogP contribution in [0.15, 0.2) is 30.3 Å². The summed E-state index contributed by atoms with van der Waals surface area (Å²) in [5.74, 6) is 0.576. The second-order valence-electron chi connectivity index (χ2n) is 7.01. The summed E-state index contributed by atoms with van der Waals surface area (Å²) >= 11 is 0. The molecule has 0 aliphatic carbocycles. The lowest BCUT2D eigenvalue weighted by Gasteiger charge is -2.44. The number of benzene rings is 1. The van der Waals surface area contributed by atoms with Crippen molar-refractivity contribution in [2.24, 2.45) is 5.92 Å². The molecule has 0 radical (unpaired) electrons. The number of anilines is 1. The normalized spacial score (nSPS) is 33.8. The Kier molecular flexibility index (Phi) is 5.21. The van der Waals surface area contributed by atoms with Gasteiger partial charge in [0.05, 0.1) is 12.2 Å². The Morgan fingerprint density at radius 1 is 1.00 bits per heavy atom. The fraction of sp³-hybridized carbons (Fsp3) is 0.667. The highest BCUT2D eigenvalue weighted by Crippen LogP contribution is 2.26. The molecule has 3 rings (SSSR count). The highest BCUT2D eigenvalue weighted by Gasteiger charge is 2.39. The van der Waals surface area contributed by atoms with E-state index in [9.17, 15) is 15.3 Å². The molecule has 2 saturated heterocycles. The Balaban J connectivity index is 1.53. The molecule has 0 spiro atoms. The van der Waals surface area contributed by atoms with Crippen LogP contribution in [0.5, 0.6) is 0 Å². The zero-order chi connectivity index (χ0) is 16.4. The summed E-state index contributed by atoms with van der Waals surface area (Å²) in [6.45, 7) is 5.34. The summed E-state index contributed by atoms with van der Waals surface area (Å²) in [7, 11) is 0. The Bertz CT molecular complexity index is 490. The third-order valence-corrected chi connectivity index (χ3v) is 5.46. The van der Waals surface area contributed by atoms with Crippen molar-refractivity contribution in [2.45, 2.75) is 44.1 Å². The molecule has 3 N–H and O–H groups in total. The number of rotatable bonds is 3. The number of piperidine rings is 2. The molecule has 0 aromatic heterocycles. The van der Waals surface area contributed by atoms with Gasteiger partial charge in [0.2, 0.25) is 0 Å². The monoisotopic (exact) mass is 320 g/mol. The van der Waals surface area contributed by atoms with Crippen LogP contribution in [0.3, 0.4) is 0 Å². The Labute approximate surface area is 138 Å². The molecule has 1 aromatic rings. The van der Waals surface area contributed by atoms with Crippen molar-refractivity contribution in [2.75, 3.05) is 31.1 Å². The van der Waals surface area contributed by atoms with Crippen LogP contribution in [0.4, 0.5) is 5.69 Å². The summed E-state index contributed by atoms with van der Waals surface area (Å²) in [6, 6.07) is 10.4. The van der Waals surface area contributed by atoms with E-state index in [4.69, 9.17) is 0 Å². The van der Waals surface area contributed by atoms with Gasteiger partial charge in [-0.25, -0.2) is 0 Å². The molecule has 2 heterocycles. The smallest absolute Gasteiger partial charge is 0.108 e. The largest absolute Gasteiger partial charge is 0.389 e. The predicted molar refractivity (Wildman–Crippen MR) is 90.4 cm³/mol. The van der Waals surface area contributed by atoms with Crippen LogP contribution >= 0.6 is 0 Å². The topological polar surface area (TPSA) is 67.2 Å². The molecular formula is C18H28N2O3. The van der Waals surface area contributed by atoms with Crippen LogP contribution in [-0.2, 0) is 0 Å². The van der Waals surface area contributed by atoms with Crippen LogP contribution < -0.4 is 4.90 Å². The number of aliphatic hydroxyl groups is 3. The van der Waals surface area contributed by atoms with E-state index in [-0.39, 0.29) is 6.04 Å². The van der Waals surface area contributed by atoms with Gasteiger partial charge in [0.25, 0.3) is 0 Å². The summed E-state index contributed by atoms with van der Waals surface area (Å²) in [4.78, 5) is 4.55. The molecule has 2 aliphatic heterocycles. The molecule has 2 fully saturated rings. The molecular weight excluding hydrogens is 292 g/mol. The van der Waals surface area contributed by atoms with Crippen LogP contribution in [0, 0.1) is 5.92 Å². The lowest BCUT2D eigenvalue weighted by molar-refractivity contribution is -0.135. The minimum atomic E-state index is -1.03. The zero-order valence-corrected chi connectivity index (χ0v) is 13.8. The maximum absolute atomic E-state index is 10.0. The molecule has 23 heavy (non-hydrogen) atoms. The van der Waals surface area contributed by atoms with Gasteiger partial charge < -0.3 is 20.2 Å². The van der Waals surface area contributed by atoms with E-state index in [1.54, 1.807) is 0 Å². The maximum Gasteiger partial charge on any atom is 0.108 e. The number of aliphatic hydroxyl groups excluding tert-OH is 3. The minimum absolute atomic E-state index is 0.111. The van der Waals surface area contributed by atoms with Gasteiger partial charge in [-0.3, -0.25) is 4.90 Å². The first kappa shape index (κ1) is 16.7. The van der Waals surface area contributed by atoms with E-state index >= 15 is 0 Å². The van der Waals surface area contributed by atoms with E-state index in [0.717, 1.165) is 32.5 Å². The number of hydrogen-bond acceptors (Lipinski definition) is 5. The molecule has 0 amide bonds. The molecule has 0 unspecified atom stereocenters. The van der Waals surface area contributed by atoms with E-state index in [1.807, 2.05) is 13.0 Å². The number of β-amino-alcohol motifs (C(OH)–C–C–N with tert-alkyl or cyclic N) is 1. The van der Waals surface area contributed by atoms with Gasteiger partial charge in [0.15, 0.2) is 0 Å². The highest BCUT2D eigenvalue weighted by atomic mass is 16.4. The van der Waals surface area contributed by atoms with Crippen molar-refractivity contribution in [1.29, 1.82) is 0 Å². The first-order chi connectivity index (χ1) is 11.1. The fourth-order valence-corrected chi connectivity index (χ4v) is 3.83. The Morgan fingerprint density at radius 2 is 1.65 bits per heavy atom. The molecule has 0 bridgehead atoms. The molecule has 5 heteroatoms. The minimum Gasteiger partial charge on any atom is -0.389 e. The average molecular weight is 320 g/mol. The number of para-hydroxylation sites is 1. The van der Waals surface area contributed by atoms with Crippen molar-refractivity contribution < 1.29 is 15.3 Å². The van der Waals surface area contributed by atoms with Crippen LogP contribution in [0.1, 0.15) is 19.8 Å². The van der Waals surface area contributed by atoms with Gasteiger partial charge in [-0.2, -0.15) is 0 Å². The van der Waals surface area contributed by atoms with Gasteiger partial charge in [-0.05, 0) is 37.8 Å². The quantitative estimate of drug-likeness (QED) is 0.765. The van der Waals surface area contributed by atoms with Crippen LogP contribution in [0.2, 0.25) is 0 Å². The fourth-order valence-electron chi connectivity index (χ4n) is 3.83. The molecule has 0 saturated carbocycles. The first-order valence-corrected chi connectivity index (χ1v) is 8.64. The van der Waals surface area contributed by atoms with Gasteiger partial charge >= 0.3 is 0 Å². The van der Waals surface area contributed by atoms with Crippen molar-refractivity contribution in [3.05, 3.63) is 30.3 Å². The third kappa shape index (κ3) is 3.69. The third-order valence-electron chi connectivity index (χ3n) is 5.46. The summed E-state index contributed by atoms with van der Waals surface area (Å²) in [5.41, 5.74) is 1.28. The zero-order valence-electron chi connectivity index (χ0n) is 13.8. The lowest BCUT2D eigenvalue weighted by atomic mass is 9.90. The van der Waals surface area contributed by atoms with Gasteiger partial charge in [-0.1, -0.05) is 18.2 Å². The summed E-state index contributed by atoms with van der Waals surface area (Å²) in [6.07, 6.45) is -0.519. The van der Waals surface area contributed by atoms with E-state index < -0.39 is 18.3 Å². The SMILES string of the molecule is C[C@@H]1[C@@H](O)[C@H](O)[C@@H](O)CN1CC1CCN(c2ccccc2)CC1. The maximum atomic E-state index is 10.0. The second kappa shape index (κ2) is 7.18. The van der Waals surface area contributed by atoms with Crippen molar-refractivity contribution >= 4 is 5.69 Å². The number of nitrogens with zero attached hydrogens (tertiary/aromatic N) is 2. The molecule has 5 nitrogen and oxygen atoms in total. The molecule has 1 aromatic carbocycles. The second-order valence-corrected chi connectivity index (χ2v) is 7.01. The van der Waals surface area contributed by atoms with Gasteiger partial charge in [0, 0.05) is 37.9 Å². The van der Waals surface area contributed by atoms with E-state index in [0.29, 0.717) is 12.5 Å². The van der Waals surface area contributed by atoms with Gasteiger partial charge in [-0.15, -0.1) is 0 Å². The standard InChI is InChI=1S/C18H28N2O3/c1-13-17(22)18(23)16(21)12-20(13)11-14-7-9-19(10-8-14)15-5-3-2-4-6-15/h2-6,13-14,16-18,21-23H,7-12H2,1H3/t13-,16+,17-,18-/m1/s1. The average Bonchev–Trinajstić information content (AvgIpc) is 2.59. The molecule has 4 atom stereocenters. The van der Waals surface area contributed by atoms with Gasteiger partial charge in [0.1, 0.15) is 6.10 Å². The Morgan fingerprint density at radius 3 is 2.30 bits per heavy atom. The number of hydrogen-bond donors (Lipinski definition) is 3. The predicted octanol–water partition coefficient (Wildman–Crippen LogP) is 0.690. The van der Waals surface area contributed by atoms with E-state index in [1.165, 1.54) is 5.69 Å². The Hall–Kier alpha value is -1.14. The van der Waals surface area contributed by atoms with Crippen LogP contribution in [0.25, 0.3) is 0 Å². The summed E-state index contributed by atoms with van der Waals surface area (Å²) < 4.78 is 0. The lowest BCUT2D eigenvalue weighted by Crippen LogP contribution is -2.61. The number of likely N-dealkylation sites (tertiary alicyclic amines) is 1. The molecule has 128 valence electrons. The highest BCUT2D eigenvalue weighted by molar-refractivity contribution is 5.46. The van der Waals surface area contributed by atoms with Crippen LogP contribution in [-0.4, -0.2) is 70.8 Å². The van der Waals surface area contributed by atoms with Crippen molar-refractivity contribution in [1.82, 2.24) is 4.90 Å². The van der Waals surface area contributed by atoms with Crippen molar-refractivity contribution in [3.63, 3.8) is 0 Å². The first-order valence-electron chi connectivity index (χ1n) is 8.64. The summed E-state index contributed by atoms with van der Waals surface area (Å²) in [5, 5.41) is 29.7. The van der Waals surface area contributed by atoms with E-state index in [2.05, 4.69) is 34.1 Å². The molecule has 2 aliphatic rings. The van der Waals surface area contributed by atoms with Crippen molar-refractivity contribution in [3.8, 4) is 0 Å².